The molecule has 26 heavy (non-hydrogen) atoms. The van der Waals surface area contributed by atoms with E-state index in [1.54, 1.807) is 11.3 Å². The summed E-state index contributed by atoms with van der Waals surface area (Å²) in [5.41, 5.74) is 2.02. The maximum absolute atomic E-state index is 12.2. The van der Waals surface area contributed by atoms with Gasteiger partial charge in [-0.05, 0) is 57.8 Å². The zero-order valence-electron chi connectivity index (χ0n) is 15.0. The number of aryl methyl sites for hydroxylation is 1. The lowest BCUT2D eigenvalue weighted by atomic mass is 10.0. The van der Waals surface area contributed by atoms with Gasteiger partial charge in [-0.1, -0.05) is 23.7 Å². The Labute approximate surface area is 170 Å². The minimum atomic E-state index is -0.0704. The number of nitrogens with one attached hydrogen (secondary N) is 2. The minimum absolute atomic E-state index is 0. The number of hydrogen-bond acceptors (Lipinski definition) is 4. The van der Waals surface area contributed by atoms with Crippen molar-refractivity contribution in [2.45, 2.75) is 39.2 Å². The molecule has 7 heteroatoms. The molecule has 2 atom stereocenters. The van der Waals surface area contributed by atoms with Crippen molar-refractivity contribution in [1.82, 2.24) is 15.6 Å². The molecule has 0 aliphatic carbocycles. The number of carbonyl (C=O) groups is 1. The number of thiazole rings is 1. The van der Waals surface area contributed by atoms with Crippen LogP contribution in [0.1, 0.15) is 42.1 Å². The molecule has 1 amide bonds. The number of carbonyl (C=O) groups excluding carboxylic acids is 1. The lowest BCUT2D eigenvalue weighted by molar-refractivity contribution is -0.122. The summed E-state index contributed by atoms with van der Waals surface area (Å²) in [5, 5.41) is 8.09. The number of amides is 1. The molecule has 1 aromatic heterocycles. The Morgan fingerprint density at radius 2 is 2.15 bits per heavy atom. The van der Waals surface area contributed by atoms with Crippen LogP contribution in [0.25, 0.3) is 11.3 Å². The van der Waals surface area contributed by atoms with Crippen LogP contribution in [0.15, 0.2) is 24.3 Å². The number of nitrogens with zero attached hydrogens (tertiary/aromatic N) is 1. The molecule has 0 spiro atoms. The average Bonchev–Trinajstić information content (AvgIpc) is 3.23. The summed E-state index contributed by atoms with van der Waals surface area (Å²) in [7, 11) is 0. The Balaban J connectivity index is 0.00000243. The summed E-state index contributed by atoms with van der Waals surface area (Å²) in [5.74, 6) is 0.750. The van der Waals surface area contributed by atoms with E-state index in [1.807, 2.05) is 31.2 Å². The molecule has 3 rings (SSSR count). The number of rotatable bonds is 6. The summed E-state index contributed by atoms with van der Waals surface area (Å²) < 4.78 is 0. The van der Waals surface area contributed by atoms with Crippen LogP contribution in [-0.4, -0.2) is 24.0 Å². The highest BCUT2D eigenvalue weighted by Gasteiger charge is 2.19. The zero-order valence-corrected chi connectivity index (χ0v) is 17.4. The summed E-state index contributed by atoms with van der Waals surface area (Å²) in [6.07, 6.45) is 2.72. The minimum Gasteiger partial charge on any atom is -0.347 e. The van der Waals surface area contributed by atoms with E-state index in [4.69, 9.17) is 16.6 Å². The lowest BCUT2D eigenvalue weighted by Gasteiger charge is -2.12. The van der Waals surface area contributed by atoms with Gasteiger partial charge in [0.15, 0.2) is 0 Å². The first kappa shape index (κ1) is 21.2. The van der Waals surface area contributed by atoms with Crippen molar-refractivity contribution in [1.29, 1.82) is 0 Å². The molecule has 1 aromatic carbocycles. The first-order valence-corrected chi connectivity index (χ1v) is 9.95. The zero-order chi connectivity index (χ0) is 17.8. The van der Waals surface area contributed by atoms with Gasteiger partial charge in [-0.2, -0.15) is 0 Å². The van der Waals surface area contributed by atoms with Crippen LogP contribution in [0.4, 0.5) is 0 Å². The van der Waals surface area contributed by atoms with Gasteiger partial charge >= 0.3 is 0 Å². The molecule has 142 valence electrons. The van der Waals surface area contributed by atoms with Crippen LogP contribution in [-0.2, 0) is 4.79 Å². The third-order valence-electron chi connectivity index (χ3n) is 4.62. The van der Waals surface area contributed by atoms with E-state index in [1.165, 1.54) is 6.42 Å². The quantitative estimate of drug-likeness (QED) is 0.717. The molecule has 4 nitrogen and oxygen atoms in total. The molecule has 2 N–H and O–H groups in total. The topological polar surface area (TPSA) is 54.0 Å². The van der Waals surface area contributed by atoms with E-state index in [0.29, 0.717) is 12.3 Å². The Morgan fingerprint density at radius 1 is 1.42 bits per heavy atom. The van der Waals surface area contributed by atoms with Crippen LogP contribution in [0.5, 0.6) is 0 Å². The van der Waals surface area contributed by atoms with Gasteiger partial charge in [0.25, 0.3) is 0 Å². The van der Waals surface area contributed by atoms with Crippen LogP contribution >= 0.6 is 35.3 Å². The number of halogens is 2. The second kappa shape index (κ2) is 9.70. The summed E-state index contributed by atoms with van der Waals surface area (Å²) in [6.45, 7) is 6.18. The highest BCUT2D eigenvalue weighted by atomic mass is 35.5. The average molecular weight is 414 g/mol. The maximum Gasteiger partial charge on any atom is 0.220 e. The second-order valence-corrected chi connectivity index (χ2v) is 8.32. The van der Waals surface area contributed by atoms with Crippen LogP contribution in [0, 0.1) is 12.8 Å². The monoisotopic (exact) mass is 413 g/mol. The molecule has 2 aromatic rings. The van der Waals surface area contributed by atoms with E-state index in [9.17, 15) is 4.79 Å². The van der Waals surface area contributed by atoms with Gasteiger partial charge < -0.3 is 10.6 Å². The Kier molecular flexibility index (Phi) is 7.89. The SMILES string of the molecule is Cc1sc(C(C)NC(=O)CCC2CCNC2)nc1-c1ccc(Cl)cc1.Cl. The van der Waals surface area contributed by atoms with Crippen molar-refractivity contribution >= 4 is 41.3 Å². The van der Waals surface area contributed by atoms with Gasteiger partial charge in [0.1, 0.15) is 5.01 Å². The third-order valence-corrected chi connectivity index (χ3v) is 6.03. The van der Waals surface area contributed by atoms with Crippen molar-refractivity contribution in [3.8, 4) is 11.3 Å². The molecule has 0 radical (unpaired) electrons. The van der Waals surface area contributed by atoms with E-state index < -0.39 is 0 Å². The molecule has 1 fully saturated rings. The predicted octanol–water partition coefficient (Wildman–Crippen LogP) is 4.76. The lowest BCUT2D eigenvalue weighted by Crippen LogP contribution is -2.27. The predicted molar refractivity (Wildman–Crippen MR) is 111 cm³/mol. The summed E-state index contributed by atoms with van der Waals surface area (Å²) in [6, 6.07) is 7.63. The van der Waals surface area contributed by atoms with Gasteiger partial charge in [0, 0.05) is 21.9 Å². The fraction of sp³-hybridized carbons (Fsp3) is 0.474. The molecule has 1 aliphatic heterocycles. The summed E-state index contributed by atoms with van der Waals surface area (Å²) >= 11 is 7.60. The second-order valence-electron chi connectivity index (χ2n) is 6.65. The van der Waals surface area contributed by atoms with E-state index in [2.05, 4.69) is 17.6 Å². The van der Waals surface area contributed by atoms with E-state index >= 15 is 0 Å². The molecular formula is C19H25Cl2N3OS. The van der Waals surface area contributed by atoms with Crippen LogP contribution in [0.2, 0.25) is 5.02 Å². The molecule has 0 saturated carbocycles. The number of aromatic nitrogens is 1. The molecule has 0 bridgehead atoms. The molecule has 2 heterocycles. The van der Waals surface area contributed by atoms with Gasteiger partial charge in [0.05, 0.1) is 11.7 Å². The van der Waals surface area contributed by atoms with Crippen molar-refractivity contribution in [3.63, 3.8) is 0 Å². The van der Waals surface area contributed by atoms with Crippen LogP contribution < -0.4 is 10.6 Å². The largest absolute Gasteiger partial charge is 0.347 e. The third kappa shape index (κ3) is 5.43. The fourth-order valence-corrected chi connectivity index (χ4v) is 4.22. The molecule has 1 aliphatic rings. The van der Waals surface area contributed by atoms with Gasteiger partial charge in [0.2, 0.25) is 5.91 Å². The first-order valence-electron chi connectivity index (χ1n) is 8.76. The highest BCUT2D eigenvalue weighted by Crippen LogP contribution is 2.31. The smallest absolute Gasteiger partial charge is 0.220 e. The van der Waals surface area contributed by atoms with E-state index in [-0.39, 0.29) is 24.4 Å². The number of benzene rings is 1. The van der Waals surface area contributed by atoms with Crippen molar-refractivity contribution in [2.75, 3.05) is 13.1 Å². The highest BCUT2D eigenvalue weighted by molar-refractivity contribution is 7.12. The Hall–Kier alpha value is -1.14. The standard InChI is InChI=1S/C19H24ClN3OS.ClH/c1-12(22-17(24)8-3-14-9-10-21-11-14)19-23-18(13(2)25-19)15-4-6-16(20)7-5-15;/h4-7,12,14,21H,3,8-11H2,1-2H3,(H,22,24);1H. The normalized spacial score (nSPS) is 17.6. The maximum atomic E-state index is 12.2. The van der Waals surface area contributed by atoms with Crippen molar-refractivity contribution < 1.29 is 4.79 Å². The van der Waals surface area contributed by atoms with Crippen molar-refractivity contribution in [2.24, 2.45) is 5.92 Å². The van der Waals surface area contributed by atoms with Gasteiger partial charge in [-0.25, -0.2) is 4.98 Å². The van der Waals surface area contributed by atoms with Crippen LogP contribution in [0.3, 0.4) is 0 Å². The van der Waals surface area contributed by atoms with Crippen molar-refractivity contribution in [3.05, 3.63) is 39.2 Å². The number of hydrogen-bond donors (Lipinski definition) is 2. The fourth-order valence-electron chi connectivity index (χ4n) is 3.15. The van der Waals surface area contributed by atoms with Gasteiger partial charge in [-0.3, -0.25) is 4.79 Å². The molecule has 2 unspecified atom stereocenters. The molecular weight excluding hydrogens is 389 g/mol. The first-order chi connectivity index (χ1) is 12.0. The van der Waals surface area contributed by atoms with Gasteiger partial charge in [-0.15, -0.1) is 23.7 Å². The summed E-state index contributed by atoms with van der Waals surface area (Å²) in [4.78, 5) is 18.1. The Bertz CT molecular complexity index is 727. The van der Waals surface area contributed by atoms with E-state index in [0.717, 1.165) is 45.7 Å². The molecule has 1 saturated heterocycles. The Morgan fingerprint density at radius 3 is 2.81 bits per heavy atom.